The van der Waals surface area contributed by atoms with Crippen molar-refractivity contribution in [3.8, 4) is 0 Å². The van der Waals surface area contributed by atoms with Gasteiger partial charge in [0.25, 0.3) is 0 Å². The van der Waals surface area contributed by atoms with Gasteiger partial charge in [0.05, 0.1) is 6.10 Å². The highest BCUT2D eigenvalue weighted by molar-refractivity contribution is 7.12. The monoisotopic (exact) mass is 199 g/mol. The van der Waals surface area contributed by atoms with E-state index in [-0.39, 0.29) is 5.92 Å². The van der Waals surface area contributed by atoms with Crippen molar-refractivity contribution < 1.29 is 5.11 Å². The summed E-state index contributed by atoms with van der Waals surface area (Å²) in [5.41, 5.74) is 6.55. The first-order valence-corrected chi connectivity index (χ1v) is 5.33. The van der Waals surface area contributed by atoms with E-state index in [1.165, 1.54) is 9.75 Å². The quantitative estimate of drug-likeness (QED) is 0.782. The van der Waals surface area contributed by atoms with Gasteiger partial charge in [-0.3, -0.25) is 0 Å². The largest absolute Gasteiger partial charge is 0.388 e. The normalized spacial score (nSPS) is 15.8. The minimum Gasteiger partial charge on any atom is -0.388 e. The number of aliphatic hydroxyl groups excluding tert-OH is 1. The van der Waals surface area contributed by atoms with Crippen molar-refractivity contribution in [2.75, 3.05) is 6.54 Å². The third kappa shape index (κ3) is 2.30. The first kappa shape index (κ1) is 10.7. The third-order valence-corrected chi connectivity index (χ3v) is 3.29. The SMILES string of the molecule is Cc1cc(C(O)C(C)CN)c(C)s1. The van der Waals surface area contributed by atoms with Crippen LogP contribution in [0.2, 0.25) is 0 Å². The molecule has 0 saturated carbocycles. The topological polar surface area (TPSA) is 46.2 Å². The van der Waals surface area contributed by atoms with Gasteiger partial charge in [0.2, 0.25) is 0 Å². The predicted molar refractivity (Wildman–Crippen MR) is 57.0 cm³/mol. The van der Waals surface area contributed by atoms with Crippen molar-refractivity contribution in [3.63, 3.8) is 0 Å². The fourth-order valence-corrected chi connectivity index (χ4v) is 2.35. The lowest BCUT2D eigenvalue weighted by molar-refractivity contribution is 0.121. The van der Waals surface area contributed by atoms with Crippen LogP contribution in [0.1, 0.15) is 28.3 Å². The number of aliphatic hydroxyl groups is 1. The van der Waals surface area contributed by atoms with Crippen molar-refractivity contribution in [2.45, 2.75) is 26.9 Å². The first-order valence-electron chi connectivity index (χ1n) is 4.51. The Morgan fingerprint density at radius 2 is 2.15 bits per heavy atom. The molecule has 2 nitrogen and oxygen atoms in total. The fraction of sp³-hybridized carbons (Fsp3) is 0.600. The van der Waals surface area contributed by atoms with Gasteiger partial charge in [0, 0.05) is 9.75 Å². The van der Waals surface area contributed by atoms with Gasteiger partial charge >= 0.3 is 0 Å². The van der Waals surface area contributed by atoms with E-state index in [4.69, 9.17) is 5.73 Å². The molecule has 3 heteroatoms. The summed E-state index contributed by atoms with van der Waals surface area (Å²) >= 11 is 1.72. The molecule has 0 aromatic carbocycles. The maximum absolute atomic E-state index is 9.91. The standard InChI is InChI=1S/C10H17NOS/c1-6(5-11)10(12)9-4-7(2)13-8(9)3/h4,6,10,12H,5,11H2,1-3H3. The summed E-state index contributed by atoms with van der Waals surface area (Å²) in [4.78, 5) is 2.45. The molecule has 2 atom stereocenters. The van der Waals surface area contributed by atoms with Crippen LogP contribution >= 0.6 is 11.3 Å². The molecule has 0 aliphatic carbocycles. The smallest absolute Gasteiger partial charge is 0.0838 e. The van der Waals surface area contributed by atoms with Crippen molar-refractivity contribution >= 4 is 11.3 Å². The lowest BCUT2D eigenvalue weighted by Gasteiger charge is -2.16. The molecule has 0 saturated heterocycles. The zero-order valence-corrected chi connectivity index (χ0v) is 9.19. The summed E-state index contributed by atoms with van der Waals surface area (Å²) in [6.45, 7) is 6.59. The Balaban J connectivity index is 2.87. The average molecular weight is 199 g/mol. The highest BCUT2D eigenvalue weighted by Gasteiger charge is 2.18. The van der Waals surface area contributed by atoms with E-state index in [2.05, 4.69) is 13.0 Å². The Morgan fingerprint density at radius 3 is 2.54 bits per heavy atom. The van der Waals surface area contributed by atoms with Crippen LogP contribution in [0.15, 0.2) is 6.07 Å². The maximum Gasteiger partial charge on any atom is 0.0838 e. The number of nitrogens with two attached hydrogens (primary N) is 1. The Hall–Kier alpha value is -0.380. The van der Waals surface area contributed by atoms with Crippen molar-refractivity contribution in [2.24, 2.45) is 11.7 Å². The van der Waals surface area contributed by atoms with Gasteiger partial charge in [-0.25, -0.2) is 0 Å². The van der Waals surface area contributed by atoms with Crippen molar-refractivity contribution in [1.82, 2.24) is 0 Å². The number of hydrogen-bond donors (Lipinski definition) is 2. The molecule has 0 radical (unpaired) electrons. The van der Waals surface area contributed by atoms with Crippen LogP contribution in [0.5, 0.6) is 0 Å². The van der Waals surface area contributed by atoms with Gasteiger partial charge in [-0.05, 0) is 37.9 Å². The molecule has 1 aromatic heterocycles. The van der Waals surface area contributed by atoms with Crippen molar-refractivity contribution in [3.05, 3.63) is 21.4 Å². The zero-order chi connectivity index (χ0) is 10.0. The minimum absolute atomic E-state index is 0.132. The van der Waals surface area contributed by atoms with Gasteiger partial charge < -0.3 is 10.8 Å². The summed E-state index contributed by atoms with van der Waals surface area (Å²) in [7, 11) is 0. The molecule has 0 aliphatic heterocycles. The second kappa shape index (κ2) is 4.22. The molecular weight excluding hydrogens is 182 g/mol. The summed E-state index contributed by atoms with van der Waals surface area (Å²) < 4.78 is 0. The molecular formula is C10H17NOS. The first-order chi connectivity index (χ1) is 6.06. The highest BCUT2D eigenvalue weighted by Crippen LogP contribution is 2.30. The number of thiophene rings is 1. The van der Waals surface area contributed by atoms with E-state index in [0.717, 1.165) is 5.56 Å². The van der Waals surface area contributed by atoms with Gasteiger partial charge in [0.1, 0.15) is 0 Å². The Kier molecular flexibility index (Phi) is 3.47. The minimum atomic E-state index is -0.407. The molecule has 13 heavy (non-hydrogen) atoms. The third-order valence-electron chi connectivity index (χ3n) is 2.31. The molecule has 0 amide bonds. The van der Waals surface area contributed by atoms with Gasteiger partial charge in [0.15, 0.2) is 0 Å². The predicted octanol–water partition coefficient (Wildman–Crippen LogP) is 1.99. The number of hydrogen-bond acceptors (Lipinski definition) is 3. The summed E-state index contributed by atoms with van der Waals surface area (Å²) in [6, 6.07) is 2.05. The molecule has 1 rings (SSSR count). The molecule has 1 aromatic rings. The van der Waals surface area contributed by atoms with E-state index in [9.17, 15) is 5.11 Å². The maximum atomic E-state index is 9.91. The summed E-state index contributed by atoms with van der Waals surface area (Å²) in [5.74, 6) is 0.132. The lowest BCUT2D eigenvalue weighted by Crippen LogP contribution is -2.18. The molecule has 0 fully saturated rings. The molecule has 74 valence electrons. The summed E-state index contributed by atoms with van der Waals surface area (Å²) in [5, 5.41) is 9.91. The van der Waals surface area contributed by atoms with Crippen LogP contribution in [-0.4, -0.2) is 11.7 Å². The van der Waals surface area contributed by atoms with Crippen LogP contribution in [0, 0.1) is 19.8 Å². The number of rotatable bonds is 3. The van der Waals surface area contributed by atoms with E-state index < -0.39 is 6.10 Å². The van der Waals surface area contributed by atoms with E-state index in [0.29, 0.717) is 6.54 Å². The Bertz CT molecular complexity index is 282. The van der Waals surface area contributed by atoms with Crippen LogP contribution in [0.3, 0.4) is 0 Å². The fourth-order valence-electron chi connectivity index (χ4n) is 1.38. The van der Waals surface area contributed by atoms with Gasteiger partial charge in [-0.1, -0.05) is 6.92 Å². The molecule has 2 unspecified atom stereocenters. The molecule has 3 N–H and O–H groups in total. The number of aryl methyl sites for hydroxylation is 2. The van der Waals surface area contributed by atoms with E-state index in [1.807, 2.05) is 13.8 Å². The van der Waals surface area contributed by atoms with E-state index in [1.54, 1.807) is 11.3 Å². The Labute approximate surface area is 83.4 Å². The van der Waals surface area contributed by atoms with Crippen LogP contribution in [0.4, 0.5) is 0 Å². The van der Waals surface area contributed by atoms with Crippen LogP contribution in [-0.2, 0) is 0 Å². The lowest BCUT2D eigenvalue weighted by atomic mass is 9.98. The average Bonchev–Trinajstić information content (AvgIpc) is 2.42. The molecule has 1 heterocycles. The second-order valence-electron chi connectivity index (χ2n) is 3.53. The van der Waals surface area contributed by atoms with Gasteiger partial charge in [-0.15, -0.1) is 11.3 Å². The molecule has 0 aliphatic rings. The summed E-state index contributed by atoms with van der Waals surface area (Å²) in [6.07, 6.45) is -0.407. The van der Waals surface area contributed by atoms with Crippen LogP contribution < -0.4 is 5.73 Å². The van der Waals surface area contributed by atoms with Gasteiger partial charge in [-0.2, -0.15) is 0 Å². The Morgan fingerprint density at radius 1 is 1.54 bits per heavy atom. The van der Waals surface area contributed by atoms with Crippen LogP contribution in [0.25, 0.3) is 0 Å². The highest BCUT2D eigenvalue weighted by atomic mass is 32.1. The zero-order valence-electron chi connectivity index (χ0n) is 8.37. The van der Waals surface area contributed by atoms with Crippen molar-refractivity contribution in [1.29, 1.82) is 0 Å². The molecule has 0 bridgehead atoms. The second-order valence-corrected chi connectivity index (χ2v) is 4.99. The molecule has 0 spiro atoms. The van der Waals surface area contributed by atoms with E-state index >= 15 is 0 Å².